The van der Waals surface area contributed by atoms with Gasteiger partial charge in [0.25, 0.3) is 0 Å². The number of fused-ring (bicyclic) bond motifs is 1. The van der Waals surface area contributed by atoms with E-state index in [0.29, 0.717) is 11.6 Å². The Morgan fingerprint density at radius 2 is 2.05 bits per heavy atom. The Morgan fingerprint density at radius 1 is 1.32 bits per heavy atom. The van der Waals surface area contributed by atoms with E-state index in [-0.39, 0.29) is 5.69 Å². The van der Waals surface area contributed by atoms with Crippen LogP contribution in [0.5, 0.6) is 0 Å². The van der Waals surface area contributed by atoms with Crippen LogP contribution >= 0.6 is 0 Å². The molecule has 2 heterocycles. The number of aromatic nitrogens is 3. The first-order valence-corrected chi connectivity index (χ1v) is 6.76. The van der Waals surface area contributed by atoms with Crippen LogP contribution in [0, 0.1) is 6.92 Å². The van der Waals surface area contributed by atoms with Crippen LogP contribution in [0.2, 0.25) is 0 Å². The summed E-state index contributed by atoms with van der Waals surface area (Å²) in [7, 11) is 0. The van der Waals surface area contributed by atoms with Gasteiger partial charge in [0.15, 0.2) is 11.3 Å². The molecule has 19 heavy (non-hydrogen) atoms. The fourth-order valence-electron chi connectivity index (χ4n) is 2.92. The van der Waals surface area contributed by atoms with Crippen LogP contribution in [0.15, 0.2) is 12.1 Å². The SMILES string of the molecule is Cc1cc(C2CCCCC2)n2nc(C(=O)O)cc2n1. The summed E-state index contributed by atoms with van der Waals surface area (Å²) in [5.74, 6) is -0.530. The average molecular weight is 259 g/mol. The van der Waals surface area contributed by atoms with Gasteiger partial charge < -0.3 is 5.11 Å². The lowest BCUT2D eigenvalue weighted by atomic mass is 9.86. The standard InChI is InChI=1S/C14H17N3O2/c1-9-7-12(10-5-3-2-4-6-10)17-13(15-9)8-11(16-17)14(18)19/h7-8,10H,2-6H2,1H3,(H,18,19). The number of hydrogen-bond acceptors (Lipinski definition) is 3. The highest BCUT2D eigenvalue weighted by molar-refractivity contribution is 5.86. The van der Waals surface area contributed by atoms with Gasteiger partial charge in [0.1, 0.15) is 0 Å². The summed E-state index contributed by atoms with van der Waals surface area (Å²) in [5, 5.41) is 13.2. The first kappa shape index (κ1) is 12.1. The summed E-state index contributed by atoms with van der Waals surface area (Å²) in [5.41, 5.74) is 2.73. The Morgan fingerprint density at radius 3 is 2.74 bits per heavy atom. The molecule has 0 unspecified atom stereocenters. The lowest BCUT2D eigenvalue weighted by Crippen LogP contribution is -2.11. The molecule has 2 aromatic rings. The molecule has 2 aromatic heterocycles. The van der Waals surface area contributed by atoms with E-state index in [2.05, 4.69) is 10.1 Å². The molecule has 5 nitrogen and oxygen atoms in total. The van der Waals surface area contributed by atoms with Crippen LogP contribution < -0.4 is 0 Å². The molecule has 3 rings (SSSR count). The number of hydrogen-bond donors (Lipinski definition) is 1. The van der Waals surface area contributed by atoms with Gasteiger partial charge in [0, 0.05) is 23.4 Å². The first-order valence-electron chi connectivity index (χ1n) is 6.76. The number of carbonyl (C=O) groups is 1. The van der Waals surface area contributed by atoms with Crippen molar-refractivity contribution in [1.29, 1.82) is 0 Å². The summed E-state index contributed by atoms with van der Waals surface area (Å²) in [6.07, 6.45) is 6.08. The van der Waals surface area contributed by atoms with E-state index in [1.165, 1.54) is 19.3 Å². The summed E-state index contributed by atoms with van der Waals surface area (Å²) >= 11 is 0. The van der Waals surface area contributed by atoms with Gasteiger partial charge in [-0.15, -0.1) is 0 Å². The number of carboxylic acid groups (broad SMARTS) is 1. The summed E-state index contributed by atoms with van der Waals surface area (Å²) in [6.45, 7) is 1.94. The summed E-state index contributed by atoms with van der Waals surface area (Å²) in [6, 6.07) is 3.59. The predicted molar refractivity (Wildman–Crippen MR) is 70.5 cm³/mol. The van der Waals surface area contributed by atoms with Crippen LogP contribution in [0.4, 0.5) is 0 Å². The van der Waals surface area contributed by atoms with Crippen LogP contribution in [0.25, 0.3) is 5.65 Å². The Hall–Kier alpha value is -1.91. The Kier molecular flexibility index (Phi) is 2.97. The molecule has 1 fully saturated rings. The molecular weight excluding hydrogens is 242 g/mol. The predicted octanol–water partition coefficient (Wildman–Crippen LogP) is 2.78. The van der Waals surface area contributed by atoms with Crippen molar-refractivity contribution in [2.24, 2.45) is 0 Å². The van der Waals surface area contributed by atoms with Crippen molar-refractivity contribution in [3.05, 3.63) is 29.2 Å². The zero-order chi connectivity index (χ0) is 13.4. The Bertz CT molecular complexity index is 627. The molecule has 0 saturated heterocycles. The van der Waals surface area contributed by atoms with Crippen molar-refractivity contribution in [3.63, 3.8) is 0 Å². The molecule has 5 heteroatoms. The third kappa shape index (κ3) is 2.20. The fourth-order valence-corrected chi connectivity index (χ4v) is 2.92. The first-order chi connectivity index (χ1) is 9.15. The lowest BCUT2D eigenvalue weighted by molar-refractivity contribution is 0.0690. The Balaban J connectivity index is 2.13. The van der Waals surface area contributed by atoms with E-state index in [1.54, 1.807) is 10.6 Å². The number of carboxylic acids is 1. The normalized spacial score (nSPS) is 16.9. The van der Waals surface area contributed by atoms with Crippen molar-refractivity contribution in [2.75, 3.05) is 0 Å². The van der Waals surface area contributed by atoms with Crippen LogP contribution in [0.3, 0.4) is 0 Å². The summed E-state index contributed by atoms with van der Waals surface area (Å²) < 4.78 is 1.71. The molecule has 1 N–H and O–H groups in total. The van der Waals surface area contributed by atoms with Crippen LogP contribution in [-0.4, -0.2) is 25.7 Å². The van der Waals surface area contributed by atoms with Crippen molar-refractivity contribution in [3.8, 4) is 0 Å². The zero-order valence-electron chi connectivity index (χ0n) is 11.0. The van der Waals surface area contributed by atoms with Gasteiger partial charge in [-0.3, -0.25) is 0 Å². The molecule has 1 aliphatic carbocycles. The quantitative estimate of drug-likeness (QED) is 0.900. The monoisotopic (exact) mass is 259 g/mol. The highest BCUT2D eigenvalue weighted by Gasteiger charge is 2.21. The van der Waals surface area contributed by atoms with E-state index < -0.39 is 5.97 Å². The third-order valence-electron chi connectivity index (χ3n) is 3.83. The third-order valence-corrected chi connectivity index (χ3v) is 3.83. The fraction of sp³-hybridized carbons (Fsp3) is 0.500. The maximum atomic E-state index is 11.0. The highest BCUT2D eigenvalue weighted by atomic mass is 16.4. The number of rotatable bonds is 2. The molecule has 0 aromatic carbocycles. The average Bonchev–Trinajstić information content (AvgIpc) is 2.82. The molecule has 1 aliphatic rings. The van der Waals surface area contributed by atoms with E-state index in [4.69, 9.17) is 5.11 Å². The molecule has 0 bridgehead atoms. The molecule has 100 valence electrons. The van der Waals surface area contributed by atoms with Gasteiger partial charge in [-0.1, -0.05) is 19.3 Å². The van der Waals surface area contributed by atoms with Crippen molar-refractivity contribution >= 4 is 11.6 Å². The van der Waals surface area contributed by atoms with Crippen LogP contribution in [-0.2, 0) is 0 Å². The van der Waals surface area contributed by atoms with Gasteiger partial charge in [-0.25, -0.2) is 14.3 Å². The molecule has 0 aliphatic heterocycles. The van der Waals surface area contributed by atoms with E-state index in [1.807, 2.05) is 13.0 Å². The van der Waals surface area contributed by atoms with Gasteiger partial charge in [0.05, 0.1) is 0 Å². The van der Waals surface area contributed by atoms with Gasteiger partial charge in [0.2, 0.25) is 0 Å². The summed E-state index contributed by atoms with van der Waals surface area (Å²) in [4.78, 5) is 15.4. The molecule has 0 radical (unpaired) electrons. The van der Waals surface area contributed by atoms with Crippen molar-refractivity contribution < 1.29 is 9.90 Å². The maximum absolute atomic E-state index is 11.0. The molecule has 0 atom stereocenters. The second-order valence-corrected chi connectivity index (χ2v) is 5.26. The van der Waals surface area contributed by atoms with Crippen LogP contribution in [0.1, 0.15) is 59.9 Å². The lowest BCUT2D eigenvalue weighted by Gasteiger charge is -2.22. The minimum absolute atomic E-state index is 0.0650. The second kappa shape index (κ2) is 4.64. The van der Waals surface area contributed by atoms with Crippen molar-refractivity contribution in [1.82, 2.24) is 14.6 Å². The molecule has 0 amide bonds. The smallest absolute Gasteiger partial charge is 0.356 e. The highest BCUT2D eigenvalue weighted by Crippen LogP contribution is 2.32. The maximum Gasteiger partial charge on any atom is 0.356 e. The molecule has 1 saturated carbocycles. The molecule has 0 spiro atoms. The molecular formula is C14H17N3O2. The minimum Gasteiger partial charge on any atom is -0.476 e. The van der Waals surface area contributed by atoms with E-state index in [0.717, 1.165) is 24.2 Å². The van der Waals surface area contributed by atoms with Gasteiger partial charge in [-0.2, -0.15) is 5.10 Å². The van der Waals surface area contributed by atoms with E-state index in [9.17, 15) is 4.79 Å². The topological polar surface area (TPSA) is 67.5 Å². The number of aryl methyl sites for hydroxylation is 1. The minimum atomic E-state index is -1.00. The van der Waals surface area contributed by atoms with Gasteiger partial charge >= 0.3 is 5.97 Å². The van der Waals surface area contributed by atoms with Crippen molar-refractivity contribution in [2.45, 2.75) is 44.9 Å². The number of aromatic carboxylic acids is 1. The second-order valence-electron chi connectivity index (χ2n) is 5.26. The van der Waals surface area contributed by atoms with E-state index >= 15 is 0 Å². The number of nitrogens with zero attached hydrogens (tertiary/aromatic N) is 3. The Labute approximate surface area is 111 Å². The zero-order valence-corrected chi connectivity index (χ0v) is 11.0. The van der Waals surface area contributed by atoms with Gasteiger partial charge in [-0.05, 0) is 25.8 Å². The largest absolute Gasteiger partial charge is 0.476 e.